The summed E-state index contributed by atoms with van der Waals surface area (Å²) in [6.45, 7) is 4.96. The number of nitrogens with one attached hydrogen (secondary N) is 1. The molecule has 118 valence electrons. The number of nitrogens with zero attached hydrogens (tertiary/aromatic N) is 2. The molecule has 0 saturated heterocycles. The van der Waals surface area contributed by atoms with Gasteiger partial charge in [-0.15, -0.1) is 11.3 Å². The molecule has 1 aliphatic carbocycles. The molecule has 0 bridgehead atoms. The molecule has 0 amide bonds. The second kappa shape index (κ2) is 6.75. The summed E-state index contributed by atoms with van der Waals surface area (Å²) in [5.74, 6) is -0.331. The summed E-state index contributed by atoms with van der Waals surface area (Å²) >= 11 is 1.52. The Bertz CT molecular complexity index is 493. The van der Waals surface area contributed by atoms with Gasteiger partial charge in [0.1, 0.15) is 0 Å². The minimum Gasteiger partial charge on any atom is -0.461 e. The number of thiazole rings is 1. The highest BCUT2D eigenvalue weighted by atomic mass is 32.1. The fourth-order valence-corrected chi connectivity index (χ4v) is 3.71. The summed E-state index contributed by atoms with van der Waals surface area (Å²) in [5, 5.41) is 4.23. The van der Waals surface area contributed by atoms with Crippen molar-refractivity contribution in [2.75, 3.05) is 32.6 Å². The smallest absolute Gasteiger partial charge is 0.358 e. The molecule has 21 heavy (non-hydrogen) atoms. The molecule has 0 radical (unpaired) electrons. The molecule has 5 nitrogen and oxygen atoms in total. The van der Waals surface area contributed by atoms with Gasteiger partial charge >= 0.3 is 5.97 Å². The van der Waals surface area contributed by atoms with Crippen LogP contribution in [0.2, 0.25) is 0 Å². The van der Waals surface area contributed by atoms with Gasteiger partial charge in [0.05, 0.1) is 6.61 Å². The van der Waals surface area contributed by atoms with Crippen molar-refractivity contribution >= 4 is 22.4 Å². The number of likely N-dealkylation sites (N-methyl/N-ethyl adjacent to an activating group) is 1. The second-order valence-electron chi connectivity index (χ2n) is 5.82. The van der Waals surface area contributed by atoms with Crippen LogP contribution < -0.4 is 5.32 Å². The van der Waals surface area contributed by atoms with Gasteiger partial charge < -0.3 is 15.0 Å². The molecule has 1 aromatic heterocycles. The lowest BCUT2D eigenvalue weighted by atomic mass is 9.96. The predicted octanol–water partition coefficient (Wildman–Crippen LogP) is 2.91. The highest BCUT2D eigenvalue weighted by molar-refractivity contribution is 7.15. The molecule has 1 fully saturated rings. The highest BCUT2D eigenvalue weighted by Gasteiger charge is 2.35. The van der Waals surface area contributed by atoms with Crippen LogP contribution in [0.3, 0.4) is 0 Å². The number of hydrogen-bond donors (Lipinski definition) is 1. The van der Waals surface area contributed by atoms with Gasteiger partial charge in [-0.05, 0) is 40.8 Å². The van der Waals surface area contributed by atoms with Crippen molar-refractivity contribution < 1.29 is 9.53 Å². The lowest BCUT2D eigenvalue weighted by Gasteiger charge is -2.36. The normalized spacial score (nSPS) is 17.2. The van der Waals surface area contributed by atoms with Crippen LogP contribution in [0.15, 0.2) is 0 Å². The van der Waals surface area contributed by atoms with E-state index in [2.05, 4.69) is 29.3 Å². The maximum atomic E-state index is 11.8. The first-order chi connectivity index (χ1) is 9.98. The largest absolute Gasteiger partial charge is 0.461 e. The minimum atomic E-state index is -0.331. The molecular weight excluding hydrogens is 286 g/mol. The van der Waals surface area contributed by atoms with Crippen molar-refractivity contribution in [1.29, 1.82) is 0 Å². The number of carbonyl (C=O) groups excluding carboxylic acids is 1. The summed E-state index contributed by atoms with van der Waals surface area (Å²) in [5.41, 5.74) is 0.651. The van der Waals surface area contributed by atoms with Gasteiger partial charge in [-0.3, -0.25) is 0 Å². The van der Waals surface area contributed by atoms with Crippen LogP contribution in [-0.2, 0) is 4.74 Å². The summed E-state index contributed by atoms with van der Waals surface area (Å²) in [6, 6.07) is 0. The standard InChI is InChI=1S/C15H25N3O2S/c1-5-20-13(19)12-11(2)21-14(17-12)16-10-15(18(3)4)8-6-7-9-15/h5-10H2,1-4H3,(H,16,17). The van der Waals surface area contributed by atoms with E-state index in [4.69, 9.17) is 4.74 Å². The predicted molar refractivity (Wildman–Crippen MR) is 86.2 cm³/mol. The van der Waals surface area contributed by atoms with Crippen molar-refractivity contribution in [3.05, 3.63) is 10.6 Å². The van der Waals surface area contributed by atoms with Gasteiger partial charge in [0.25, 0.3) is 0 Å². The van der Waals surface area contributed by atoms with Gasteiger partial charge in [0.15, 0.2) is 10.8 Å². The number of aryl methyl sites for hydroxylation is 1. The Kier molecular flexibility index (Phi) is 5.22. The summed E-state index contributed by atoms with van der Waals surface area (Å²) < 4.78 is 5.03. The minimum absolute atomic E-state index is 0.212. The molecule has 1 saturated carbocycles. The van der Waals surface area contributed by atoms with Gasteiger partial charge in [-0.25, -0.2) is 9.78 Å². The Hall–Kier alpha value is -1.14. The van der Waals surface area contributed by atoms with Gasteiger partial charge in [-0.1, -0.05) is 12.8 Å². The first-order valence-electron chi connectivity index (χ1n) is 7.54. The van der Waals surface area contributed by atoms with E-state index >= 15 is 0 Å². The number of rotatable bonds is 6. The number of esters is 1. The third-order valence-corrected chi connectivity index (χ3v) is 5.25. The lowest BCUT2D eigenvalue weighted by Crippen LogP contribution is -2.47. The van der Waals surface area contributed by atoms with Crippen molar-refractivity contribution in [3.8, 4) is 0 Å². The Labute approximate surface area is 130 Å². The fourth-order valence-electron chi connectivity index (χ4n) is 2.92. The van der Waals surface area contributed by atoms with Crippen molar-refractivity contribution in [3.63, 3.8) is 0 Å². The monoisotopic (exact) mass is 311 g/mol. The van der Waals surface area contributed by atoms with Gasteiger partial charge in [0.2, 0.25) is 0 Å². The molecule has 1 aliphatic rings. The Morgan fingerprint density at radius 1 is 1.43 bits per heavy atom. The van der Waals surface area contributed by atoms with Gasteiger partial charge in [0, 0.05) is 17.0 Å². The van der Waals surface area contributed by atoms with E-state index in [1.807, 2.05) is 6.92 Å². The molecule has 2 rings (SSSR count). The molecule has 1 N–H and O–H groups in total. The van der Waals surface area contributed by atoms with E-state index < -0.39 is 0 Å². The number of hydrogen-bond acceptors (Lipinski definition) is 6. The van der Waals surface area contributed by atoms with E-state index in [-0.39, 0.29) is 11.5 Å². The first kappa shape index (κ1) is 16.2. The number of carbonyl (C=O) groups is 1. The summed E-state index contributed by atoms with van der Waals surface area (Å²) in [4.78, 5) is 19.4. The Balaban J connectivity index is 2.03. The van der Waals surface area contributed by atoms with Crippen LogP contribution in [0.5, 0.6) is 0 Å². The van der Waals surface area contributed by atoms with E-state index in [1.54, 1.807) is 6.92 Å². The summed E-state index contributed by atoms with van der Waals surface area (Å²) in [7, 11) is 4.29. The molecule has 6 heteroatoms. The van der Waals surface area contributed by atoms with Crippen LogP contribution in [-0.4, -0.2) is 48.6 Å². The van der Waals surface area contributed by atoms with Crippen molar-refractivity contribution in [2.45, 2.75) is 45.1 Å². The first-order valence-corrected chi connectivity index (χ1v) is 8.36. The van der Waals surface area contributed by atoms with E-state index in [0.29, 0.717) is 12.3 Å². The van der Waals surface area contributed by atoms with Crippen LogP contribution in [0.1, 0.15) is 48.0 Å². The van der Waals surface area contributed by atoms with E-state index in [0.717, 1.165) is 16.6 Å². The van der Waals surface area contributed by atoms with Crippen molar-refractivity contribution in [2.24, 2.45) is 0 Å². The summed E-state index contributed by atoms with van der Waals surface area (Å²) in [6.07, 6.45) is 4.99. The van der Waals surface area contributed by atoms with Crippen LogP contribution in [0.25, 0.3) is 0 Å². The van der Waals surface area contributed by atoms with Crippen molar-refractivity contribution in [1.82, 2.24) is 9.88 Å². The topological polar surface area (TPSA) is 54.5 Å². The number of aromatic nitrogens is 1. The third kappa shape index (κ3) is 3.55. The van der Waals surface area contributed by atoms with E-state index in [1.165, 1.54) is 37.0 Å². The molecule has 0 unspecified atom stereocenters. The van der Waals surface area contributed by atoms with Crippen LogP contribution >= 0.6 is 11.3 Å². The molecular formula is C15H25N3O2S. The average molecular weight is 311 g/mol. The lowest BCUT2D eigenvalue weighted by molar-refractivity contribution is 0.0519. The fraction of sp³-hybridized carbons (Fsp3) is 0.733. The third-order valence-electron chi connectivity index (χ3n) is 4.32. The average Bonchev–Trinajstić information content (AvgIpc) is 3.04. The van der Waals surface area contributed by atoms with Crippen LogP contribution in [0, 0.1) is 6.92 Å². The number of anilines is 1. The molecule has 0 aromatic carbocycles. The van der Waals surface area contributed by atoms with E-state index in [9.17, 15) is 4.79 Å². The second-order valence-corrected chi connectivity index (χ2v) is 7.03. The number of ether oxygens (including phenoxy) is 1. The SMILES string of the molecule is CCOC(=O)c1nc(NCC2(N(C)C)CCCC2)sc1C. The maximum Gasteiger partial charge on any atom is 0.358 e. The quantitative estimate of drug-likeness (QED) is 0.819. The zero-order valence-electron chi connectivity index (χ0n) is 13.4. The molecule has 0 atom stereocenters. The molecule has 0 aliphatic heterocycles. The highest BCUT2D eigenvalue weighted by Crippen LogP contribution is 2.34. The zero-order chi connectivity index (χ0) is 15.5. The van der Waals surface area contributed by atoms with Crippen LogP contribution in [0.4, 0.5) is 5.13 Å². The van der Waals surface area contributed by atoms with Gasteiger partial charge in [-0.2, -0.15) is 0 Å². The molecule has 1 aromatic rings. The zero-order valence-corrected chi connectivity index (χ0v) is 14.2. The Morgan fingerprint density at radius 3 is 2.67 bits per heavy atom. The maximum absolute atomic E-state index is 11.8. The Morgan fingerprint density at radius 2 is 2.10 bits per heavy atom. The molecule has 0 spiro atoms. The molecule has 1 heterocycles.